The van der Waals surface area contributed by atoms with Gasteiger partial charge in [-0.2, -0.15) is 26.3 Å². The predicted octanol–water partition coefficient (Wildman–Crippen LogP) is 4.94. The maximum absolute atomic E-state index is 13.1. The lowest BCUT2D eigenvalue weighted by atomic mass is 9.96. The summed E-state index contributed by atoms with van der Waals surface area (Å²) in [4.78, 5) is 11.0. The van der Waals surface area contributed by atoms with Gasteiger partial charge in [0.2, 0.25) is 0 Å². The number of hydrogen-bond acceptors (Lipinski definition) is 3. The van der Waals surface area contributed by atoms with Crippen LogP contribution in [0.25, 0.3) is 10.8 Å². The van der Waals surface area contributed by atoms with Crippen LogP contribution >= 0.6 is 19.8 Å². The van der Waals surface area contributed by atoms with Gasteiger partial charge in [-0.05, 0) is 29.0 Å². The van der Waals surface area contributed by atoms with E-state index in [0.717, 1.165) is 0 Å². The van der Waals surface area contributed by atoms with Crippen LogP contribution in [0, 0.1) is 3.57 Å². The number of carboxylic acids is 1. The Bertz CT molecular complexity index is 903. The Kier molecular flexibility index (Phi) is 4.50. The summed E-state index contributed by atoms with van der Waals surface area (Å²) in [5.41, 5.74) is -4.82. The van der Waals surface area contributed by atoms with Crippen LogP contribution < -0.4 is 0 Å². The van der Waals surface area contributed by atoms with E-state index in [2.05, 4.69) is 0 Å². The molecule has 0 spiro atoms. The fraction of sp³-hybridized carbons (Fsp3) is 0.154. The second kappa shape index (κ2) is 5.86. The molecule has 0 aliphatic rings. The number of fused-ring (bicyclic) bond motifs is 1. The summed E-state index contributed by atoms with van der Waals surface area (Å²) < 4.78 is 99.5. The smallest absolute Gasteiger partial charge is 0.417 e. The second-order valence-corrected chi connectivity index (χ2v) is 6.96. The molecule has 0 aromatic heterocycles. The third-order valence-electron chi connectivity index (χ3n) is 3.09. The van der Waals surface area contributed by atoms with Crippen molar-refractivity contribution in [3.63, 3.8) is 0 Å². The van der Waals surface area contributed by atoms with Gasteiger partial charge in [0.15, 0.2) is 0 Å². The molecule has 0 heterocycles. The van der Waals surface area contributed by atoms with Crippen LogP contribution in [-0.4, -0.2) is 11.1 Å². The third kappa shape index (κ3) is 3.30. The zero-order valence-corrected chi connectivity index (χ0v) is 13.3. The van der Waals surface area contributed by atoms with Crippen molar-refractivity contribution >= 4 is 36.5 Å². The van der Waals surface area contributed by atoms with Gasteiger partial charge in [0.1, 0.15) is 0 Å². The number of alkyl halides is 6. The lowest BCUT2D eigenvalue weighted by Gasteiger charge is -2.18. The van der Waals surface area contributed by atoms with Crippen LogP contribution in [-0.2, 0) is 18.5 Å². The average Bonchev–Trinajstić information content (AvgIpc) is 2.42. The molecule has 0 fully saturated rings. The topological polar surface area (TPSA) is 71.4 Å². The fourth-order valence-corrected chi connectivity index (χ4v) is 3.61. The Balaban J connectivity index is 3.05. The van der Waals surface area contributed by atoms with Crippen LogP contribution in [0.2, 0.25) is 0 Å². The molecule has 130 valence electrons. The molecule has 0 atom stereocenters. The Morgan fingerprint density at radius 1 is 0.958 bits per heavy atom. The van der Waals surface area contributed by atoms with Crippen molar-refractivity contribution in [2.24, 2.45) is 0 Å². The zero-order valence-electron chi connectivity index (χ0n) is 11.1. The van der Waals surface area contributed by atoms with Crippen molar-refractivity contribution < 1.29 is 42.4 Å². The molecule has 0 amide bonds. The average molecular weight is 466 g/mol. The van der Waals surface area contributed by atoms with E-state index < -0.39 is 69.1 Å². The lowest BCUT2D eigenvalue weighted by Crippen LogP contribution is -2.17. The number of carboxylic acid groups (broad SMARTS) is 1. The van der Waals surface area contributed by atoms with E-state index in [0.29, 0.717) is 18.2 Å². The quantitative estimate of drug-likeness (QED) is 0.503. The van der Waals surface area contributed by atoms with E-state index >= 15 is 0 Å². The first-order valence-corrected chi connectivity index (χ1v) is 8.71. The number of halogens is 7. The molecule has 0 unspecified atom stereocenters. The van der Waals surface area contributed by atoms with E-state index in [-0.39, 0.29) is 6.07 Å². The third-order valence-corrected chi connectivity index (χ3v) is 4.93. The summed E-state index contributed by atoms with van der Waals surface area (Å²) in [6, 6.07) is 1.80. The van der Waals surface area contributed by atoms with Gasteiger partial charge in [-0.1, -0.05) is 6.07 Å². The molecule has 2 aromatic carbocycles. The number of rotatable bonds is 2. The lowest BCUT2D eigenvalue weighted by molar-refractivity contribution is -0.161. The van der Waals surface area contributed by atoms with Gasteiger partial charge < -0.3 is 5.11 Å². The van der Waals surface area contributed by atoms with Crippen LogP contribution in [0.5, 0.6) is 0 Å². The maximum Gasteiger partial charge on any atom is 0.417 e. The largest absolute Gasteiger partial charge is 0.478 e. The Hall–Kier alpha value is -1.92. The predicted molar refractivity (Wildman–Crippen MR) is 75.0 cm³/mol. The molecule has 24 heavy (non-hydrogen) atoms. The van der Waals surface area contributed by atoms with Gasteiger partial charge in [-0.15, -0.1) is 0 Å². The molecule has 1 N–H and O–H groups in total. The summed E-state index contributed by atoms with van der Waals surface area (Å²) in [5, 5.41) is 7.45. The first-order chi connectivity index (χ1) is 10.8. The number of benzene rings is 2. The summed E-state index contributed by atoms with van der Waals surface area (Å²) in [5.74, 6) is -1.71. The number of aromatic carboxylic acids is 1. The normalized spacial score (nSPS) is 12.8. The summed E-state index contributed by atoms with van der Waals surface area (Å²) >= 11 is -4.58. The SMILES string of the molecule is O=C(O)c1cc2ccc(C(F)(F)F)c(C(F)(F)F)c2cc1I(=O)=O. The minimum Gasteiger partial charge on any atom is -0.478 e. The molecule has 0 radical (unpaired) electrons. The maximum atomic E-state index is 13.1. The van der Waals surface area contributed by atoms with E-state index in [1.54, 1.807) is 0 Å². The second-order valence-electron chi connectivity index (χ2n) is 4.56. The molecule has 0 aliphatic heterocycles. The molecule has 2 rings (SSSR count). The molecular formula is C13H5F6IO4. The molecule has 2 aromatic rings. The minimum absolute atomic E-state index is 0.182. The van der Waals surface area contributed by atoms with E-state index in [1.165, 1.54) is 0 Å². The highest BCUT2D eigenvalue weighted by Crippen LogP contribution is 2.44. The Morgan fingerprint density at radius 2 is 1.54 bits per heavy atom. The van der Waals surface area contributed by atoms with Crippen molar-refractivity contribution in [3.05, 3.63) is 44.5 Å². The van der Waals surface area contributed by atoms with Crippen molar-refractivity contribution in [3.8, 4) is 0 Å². The number of hydrogen-bond donors (Lipinski definition) is 1. The van der Waals surface area contributed by atoms with Gasteiger partial charge in [0.25, 0.3) is 0 Å². The van der Waals surface area contributed by atoms with Crippen molar-refractivity contribution in [2.75, 3.05) is 0 Å². The van der Waals surface area contributed by atoms with Gasteiger partial charge in [-0.25, -0.2) is 10.9 Å². The highest BCUT2D eigenvalue weighted by molar-refractivity contribution is 14.2. The van der Waals surface area contributed by atoms with E-state index in [1.807, 2.05) is 0 Å². The molecule has 0 bridgehead atoms. The van der Waals surface area contributed by atoms with E-state index in [4.69, 9.17) is 5.11 Å². The first-order valence-electron chi connectivity index (χ1n) is 5.87. The van der Waals surface area contributed by atoms with Gasteiger partial charge >= 0.3 is 38.1 Å². The van der Waals surface area contributed by atoms with Crippen molar-refractivity contribution in [2.45, 2.75) is 12.4 Å². The Labute approximate surface area is 136 Å². The molecular weight excluding hydrogens is 461 g/mol. The molecule has 4 nitrogen and oxygen atoms in total. The molecule has 0 aliphatic carbocycles. The molecule has 0 saturated carbocycles. The molecule has 0 saturated heterocycles. The first kappa shape index (κ1) is 18.4. The van der Waals surface area contributed by atoms with Crippen LogP contribution in [0.4, 0.5) is 26.3 Å². The van der Waals surface area contributed by atoms with E-state index in [9.17, 15) is 37.3 Å². The highest BCUT2D eigenvalue weighted by atomic mass is 127. The summed E-state index contributed by atoms with van der Waals surface area (Å²) in [7, 11) is 0. The van der Waals surface area contributed by atoms with Crippen LogP contribution in [0.1, 0.15) is 21.5 Å². The minimum atomic E-state index is -5.42. The Morgan fingerprint density at radius 3 is 1.96 bits per heavy atom. The highest BCUT2D eigenvalue weighted by Gasteiger charge is 2.44. The van der Waals surface area contributed by atoms with Gasteiger partial charge in [0, 0.05) is 0 Å². The van der Waals surface area contributed by atoms with Gasteiger partial charge in [0.05, 0.1) is 20.3 Å². The monoisotopic (exact) mass is 466 g/mol. The van der Waals surface area contributed by atoms with Crippen molar-refractivity contribution in [1.29, 1.82) is 0 Å². The van der Waals surface area contributed by atoms with Crippen LogP contribution in [0.15, 0.2) is 24.3 Å². The zero-order chi connectivity index (χ0) is 18.4. The van der Waals surface area contributed by atoms with Gasteiger partial charge in [-0.3, -0.25) is 0 Å². The summed E-state index contributed by atoms with van der Waals surface area (Å²) in [6.45, 7) is 0. The molecule has 11 heteroatoms. The standard InChI is InChI=1S/C13H5F6IO4/c14-12(15,16)8-2-1-5-3-7(11(21)22)9(20(23)24)4-6(5)10(8)13(17,18)19/h1-4H,(H,21,22). The number of carbonyl (C=O) groups is 1. The van der Waals surface area contributed by atoms with Crippen LogP contribution in [0.3, 0.4) is 0 Å². The summed E-state index contributed by atoms with van der Waals surface area (Å²) in [6.07, 6.45) is -10.7. The fourth-order valence-electron chi connectivity index (χ4n) is 2.18. The van der Waals surface area contributed by atoms with Crippen molar-refractivity contribution in [1.82, 2.24) is 0 Å².